The van der Waals surface area contributed by atoms with E-state index in [1.165, 1.54) is 0 Å². The van der Waals surface area contributed by atoms with Crippen molar-refractivity contribution in [3.8, 4) is 16.9 Å². The molecular formula is C24H28N4O3. The lowest BCUT2D eigenvalue weighted by Crippen LogP contribution is -2.46. The number of rotatable bonds is 4. The molecule has 4 rings (SSSR count). The number of carbonyl (C=O) groups excluding carboxylic acids is 2. The second-order valence-corrected chi connectivity index (χ2v) is 8.54. The van der Waals surface area contributed by atoms with E-state index in [9.17, 15) is 14.7 Å². The van der Waals surface area contributed by atoms with Gasteiger partial charge < -0.3 is 15.7 Å². The number of aromatic hydroxyl groups is 1. The van der Waals surface area contributed by atoms with Crippen LogP contribution in [-0.2, 0) is 15.1 Å². The maximum Gasteiger partial charge on any atom is 0.261 e. The molecule has 7 nitrogen and oxygen atoms in total. The minimum absolute atomic E-state index is 0.0935. The van der Waals surface area contributed by atoms with E-state index in [4.69, 9.17) is 5.73 Å². The van der Waals surface area contributed by atoms with Crippen molar-refractivity contribution in [2.75, 3.05) is 19.6 Å². The van der Waals surface area contributed by atoms with Crippen LogP contribution in [0.3, 0.4) is 0 Å². The molecule has 31 heavy (non-hydrogen) atoms. The van der Waals surface area contributed by atoms with E-state index in [2.05, 4.69) is 4.99 Å². The summed E-state index contributed by atoms with van der Waals surface area (Å²) >= 11 is 0. The van der Waals surface area contributed by atoms with E-state index in [0.29, 0.717) is 19.6 Å². The highest BCUT2D eigenvalue weighted by molar-refractivity contribution is 6.07. The Morgan fingerprint density at radius 3 is 2.45 bits per heavy atom. The Morgan fingerprint density at radius 2 is 1.81 bits per heavy atom. The number of guanidine groups is 1. The summed E-state index contributed by atoms with van der Waals surface area (Å²) in [5.41, 5.74) is 7.63. The average Bonchev–Trinajstić information content (AvgIpc) is 2.98. The number of benzene rings is 2. The fourth-order valence-electron chi connectivity index (χ4n) is 4.44. The fourth-order valence-corrected chi connectivity index (χ4v) is 4.44. The number of nitrogens with two attached hydrogens (primary N) is 1. The zero-order valence-corrected chi connectivity index (χ0v) is 17.9. The number of aliphatic imine (C=N–C) groups is 1. The number of phenolic OH excluding ortho intramolecular Hbond substituents is 1. The average molecular weight is 421 g/mol. The number of hydrogen-bond acceptors (Lipinski definition) is 5. The van der Waals surface area contributed by atoms with Gasteiger partial charge in [-0.05, 0) is 60.6 Å². The molecule has 2 aromatic carbocycles. The van der Waals surface area contributed by atoms with Crippen LogP contribution >= 0.6 is 0 Å². The predicted octanol–water partition coefficient (Wildman–Crippen LogP) is 2.69. The van der Waals surface area contributed by atoms with Crippen LogP contribution in [0.1, 0.15) is 32.3 Å². The number of likely N-dealkylation sites (tertiary alicyclic amines) is 1. The van der Waals surface area contributed by atoms with E-state index in [0.717, 1.165) is 29.5 Å². The van der Waals surface area contributed by atoms with Crippen LogP contribution in [0.4, 0.5) is 0 Å². The Balaban J connectivity index is 1.53. The molecule has 3 N–H and O–H groups in total. The van der Waals surface area contributed by atoms with Crippen LogP contribution in [0.5, 0.6) is 5.75 Å². The molecule has 0 aliphatic carbocycles. The molecule has 1 atom stereocenters. The van der Waals surface area contributed by atoms with Crippen LogP contribution in [0.2, 0.25) is 0 Å². The quantitative estimate of drug-likeness (QED) is 0.794. The van der Waals surface area contributed by atoms with E-state index in [1.54, 1.807) is 36.9 Å². The first kappa shape index (κ1) is 20.9. The summed E-state index contributed by atoms with van der Waals surface area (Å²) in [5.74, 6) is 0.678. The molecule has 162 valence electrons. The second kappa shape index (κ2) is 8.06. The number of piperidine rings is 1. The Kier molecular flexibility index (Phi) is 5.43. The lowest BCUT2D eigenvalue weighted by atomic mass is 9.89. The van der Waals surface area contributed by atoms with Gasteiger partial charge >= 0.3 is 0 Å². The van der Waals surface area contributed by atoms with Gasteiger partial charge in [0.2, 0.25) is 5.91 Å². The molecule has 1 fully saturated rings. The number of nitrogens with zero attached hydrogens (tertiary/aromatic N) is 3. The zero-order valence-electron chi connectivity index (χ0n) is 17.9. The van der Waals surface area contributed by atoms with E-state index >= 15 is 0 Å². The summed E-state index contributed by atoms with van der Waals surface area (Å²) in [6.07, 6.45) is 1.70. The lowest BCUT2D eigenvalue weighted by molar-refractivity contribution is -0.133. The Bertz CT molecular complexity index is 1040. The summed E-state index contributed by atoms with van der Waals surface area (Å²) < 4.78 is 0. The molecule has 2 aliphatic heterocycles. The minimum atomic E-state index is -1.09. The van der Waals surface area contributed by atoms with Gasteiger partial charge in [-0.1, -0.05) is 30.3 Å². The predicted molar refractivity (Wildman–Crippen MR) is 119 cm³/mol. The molecule has 2 amide bonds. The molecule has 0 spiro atoms. The van der Waals surface area contributed by atoms with Crippen molar-refractivity contribution in [1.29, 1.82) is 0 Å². The number of carbonyl (C=O) groups is 2. The molecule has 0 bridgehead atoms. The van der Waals surface area contributed by atoms with Crippen molar-refractivity contribution in [3.63, 3.8) is 0 Å². The molecule has 0 aromatic heterocycles. The van der Waals surface area contributed by atoms with Crippen molar-refractivity contribution in [1.82, 2.24) is 9.80 Å². The van der Waals surface area contributed by atoms with Crippen LogP contribution < -0.4 is 5.73 Å². The van der Waals surface area contributed by atoms with E-state index < -0.39 is 5.54 Å². The molecule has 7 heteroatoms. The first-order valence-corrected chi connectivity index (χ1v) is 10.6. The highest BCUT2D eigenvalue weighted by Gasteiger charge is 2.46. The zero-order chi connectivity index (χ0) is 22.2. The Hall–Kier alpha value is -3.35. The third-order valence-electron chi connectivity index (χ3n) is 6.38. The van der Waals surface area contributed by atoms with Crippen LogP contribution in [0.15, 0.2) is 53.5 Å². The highest BCUT2D eigenvalue weighted by atomic mass is 16.3. The number of phenols is 1. The van der Waals surface area contributed by atoms with E-state index in [1.807, 2.05) is 35.2 Å². The van der Waals surface area contributed by atoms with Gasteiger partial charge in [0.15, 0.2) is 11.5 Å². The van der Waals surface area contributed by atoms with Crippen molar-refractivity contribution >= 4 is 17.8 Å². The normalized spacial score (nSPS) is 22.0. The highest BCUT2D eigenvalue weighted by Crippen LogP contribution is 2.36. The molecule has 2 aromatic rings. The van der Waals surface area contributed by atoms with Crippen molar-refractivity contribution in [3.05, 3.63) is 54.1 Å². The lowest BCUT2D eigenvalue weighted by Gasteiger charge is -2.33. The first-order chi connectivity index (χ1) is 14.8. The van der Waals surface area contributed by atoms with Gasteiger partial charge in [0.1, 0.15) is 5.75 Å². The third-order valence-corrected chi connectivity index (χ3v) is 6.38. The Morgan fingerprint density at radius 1 is 1.16 bits per heavy atom. The Labute approximate surface area is 182 Å². The van der Waals surface area contributed by atoms with Gasteiger partial charge in [-0.25, -0.2) is 4.99 Å². The fraction of sp³-hybridized carbons (Fsp3) is 0.375. The van der Waals surface area contributed by atoms with E-state index in [-0.39, 0.29) is 29.4 Å². The van der Waals surface area contributed by atoms with Crippen molar-refractivity contribution in [2.24, 2.45) is 16.6 Å². The van der Waals surface area contributed by atoms with Gasteiger partial charge in [-0.3, -0.25) is 14.5 Å². The van der Waals surface area contributed by atoms with Crippen LogP contribution in [0.25, 0.3) is 11.1 Å². The summed E-state index contributed by atoms with van der Waals surface area (Å²) in [6, 6.07) is 14.7. The first-order valence-electron chi connectivity index (χ1n) is 10.6. The summed E-state index contributed by atoms with van der Waals surface area (Å²) in [5, 5.41) is 9.80. The molecule has 2 heterocycles. The smallest absolute Gasteiger partial charge is 0.261 e. The molecule has 0 radical (unpaired) electrons. The van der Waals surface area contributed by atoms with Crippen molar-refractivity contribution < 1.29 is 14.7 Å². The maximum absolute atomic E-state index is 13.4. The van der Waals surface area contributed by atoms with Gasteiger partial charge in [0.25, 0.3) is 5.91 Å². The number of amides is 2. The third kappa shape index (κ3) is 4.00. The summed E-state index contributed by atoms with van der Waals surface area (Å²) in [7, 11) is 0. The largest absolute Gasteiger partial charge is 0.508 e. The number of hydrogen-bond donors (Lipinski definition) is 2. The van der Waals surface area contributed by atoms with Crippen molar-refractivity contribution in [2.45, 2.75) is 32.2 Å². The molecular weight excluding hydrogens is 392 g/mol. The maximum atomic E-state index is 13.4. The molecule has 1 saturated heterocycles. The van der Waals surface area contributed by atoms with Gasteiger partial charge in [0, 0.05) is 26.6 Å². The molecule has 1 unspecified atom stereocenters. The molecule has 2 aliphatic rings. The summed E-state index contributed by atoms with van der Waals surface area (Å²) in [4.78, 5) is 33.0. The summed E-state index contributed by atoms with van der Waals surface area (Å²) in [6.45, 7) is 5.32. The SMILES string of the molecule is CC(=O)N1CCC(CN2C(=O)C(C)(c3cccc(-c4cccc(O)c4)c3)N=C2N)CC1. The van der Waals surface area contributed by atoms with Gasteiger partial charge in [-0.2, -0.15) is 0 Å². The second-order valence-electron chi connectivity index (χ2n) is 8.54. The standard InChI is InChI=1S/C24H28N4O3/c1-16(29)27-11-9-17(10-12-27)15-28-22(31)24(2,26-23(28)25)20-7-3-5-18(13-20)19-6-4-8-21(30)14-19/h3-8,13-14,17,30H,9-12,15H2,1-2H3,(H2,25,26). The van der Waals surface area contributed by atoms with Crippen LogP contribution in [0, 0.1) is 5.92 Å². The van der Waals surface area contributed by atoms with Gasteiger partial charge in [0.05, 0.1) is 0 Å². The monoisotopic (exact) mass is 420 g/mol. The topological polar surface area (TPSA) is 99.2 Å². The van der Waals surface area contributed by atoms with Gasteiger partial charge in [-0.15, -0.1) is 0 Å². The molecule has 0 saturated carbocycles. The minimum Gasteiger partial charge on any atom is -0.508 e. The van der Waals surface area contributed by atoms with Crippen LogP contribution in [-0.4, -0.2) is 52.3 Å².